The molecule has 1 saturated carbocycles. The molecule has 1 aromatic heterocycles. The van der Waals surface area contributed by atoms with Crippen LogP contribution in [0.3, 0.4) is 0 Å². The van der Waals surface area contributed by atoms with Crippen molar-refractivity contribution in [3.63, 3.8) is 0 Å². The minimum atomic E-state index is -0.953. The van der Waals surface area contributed by atoms with E-state index >= 15 is 0 Å². The maximum atomic E-state index is 12.8. The first kappa shape index (κ1) is 22.3. The number of aliphatic hydroxyl groups is 1. The van der Waals surface area contributed by atoms with Gasteiger partial charge in [0.15, 0.2) is 0 Å². The van der Waals surface area contributed by atoms with E-state index < -0.39 is 12.6 Å². The van der Waals surface area contributed by atoms with E-state index in [0.29, 0.717) is 5.69 Å². The molecule has 1 fully saturated rings. The number of aromatic nitrogens is 1. The number of aliphatic hydroxyl groups excluding tert-OH is 1. The predicted molar refractivity (Wildman–Crippen MR) is 119 cm³/mol. The molecule has 0 saturated heterocycles. The van der Waals surface area contributed by atoms with Gasteiger partial charge in [-0.05, 0) is 25.0 Å². The van der Waals surface area contributed by atoms with Crippen LogP contribution in [-0.4, -0.2) is 40.6 Å². The van der Waals surface area contributed by atoms with Gasteiger partial charge in [0, 0.05) is 16.9 Å². The first-order valence-electron chi connectivity index (χ1n) is 11.5. The van der Waals surface area contributed by atoms with Crippen molar-refractivity contribution < 1.29 is 14.7 Å². The summed E-state index contributed by atoms with van der Waals surface area (Å²) in [6, 6.07) is 8.53. The summed E-state index contributed by atoms with van der Waals surface area (Å²) in [6.07, 6.45) is 13.0. The van der Waals surface area contributed by atoms with E-state index in [1.807, 2.05) is 24.3 Å². The normalized spacial score (nSPS) is 18.2. The molecule has 2 aromatic rings. The molecule has 2 amide bonds. The minimum absolute atomic E-state index is 0.107. The molecule has 1 aromatic carbocycles. The maximum absolute atomic E-state index is 12.8. The summed E-state index contributed by atoms with van der Waals surface area (Å²) in [4.78, 5) is 28.4. The van der Waals surface area contributed by atoms with Gasteiger partial charge in [0.25, 0.3) is 5.91 Å². The Labute approximate surface area is 178 Å². The molecule has 6 nitrogen and oxygen atoms in total. The highest BCUT2D eigenvalue weighted by atomic mass is 16.3. The number of amides is 2. The second kappa shape index (κ2) is 11.7. The maximum Gasteiger partial charge on any atom is 0.268 e. The Morgan fingerprint density at radius 3 is 2.17 bits per heavy atom. The van der Waals surface area contributed by atoms with Crippen molar-refractivity contribution in [1.29, 1.82) is 0 Å². The molecule has 1 atom stereocenters. The highest BCUT2D eigenvalue weighted by Crippen LogP contribution is 2.17. The van der Waals surface area contributed by atoms with Crippen LogP contribution in [0.5, 0.6) is 0 Å². The fourth-order valence-corrected chi connectivity index (χ4v) is 4.24. The number of nitrogens with one attached hydrogen (secondary N) is 3. The number of rotatable bonds is 5. The number of fused-ring (bicyclic) bond motifs is 1. The summed E-state index contributed by atoms with van der Waals surface area (Å²) in [5, 5.41) is 16.4. The number of hydrogen-bond acceptors (Lipinski definition) is 3. The quantitative estimate of drug-likeness (QED) is 0.596. The van der Waals surface area contributed by atoms with Gasteiger partial charge in [-0.3, -0.25) is 9.59 Å². The molecule has 1 aliphatic carbocycles. The van der Waals surface area contributed by atoms with Crippen molar-refractivity contribution in [3.8, 4) is 0 Å². The van der Waals surface area contributed by atoms with E-state index in [4.69, 9.17) is 0 Å². The fourth-order valence-electron chi connectivity index (χ4n) is 4.24. The van der Waals surface area contributed by atoms with E-state index in [2.05, 4.69) is 15.6 Å². The third-order valence-electron chi connectivity index (χ3n) is 6.03. The Kier molecular flexibility index (Phi) is 8.75. The van der Waals surface area contributed by atoms with Crippen LogP contribution >= 0.6 is 0 Å². The molecular weight excluding hydrogens is 378 g/mol. The lowest BCUT2D eigenvalue weighted by Gasteiger charge is -2.23. The van der Waals surface area contributed by atoms with Gasteiger partial charge in [-0.15, -0.1) is 0 Å². The molecule has 1 heterocycles. The van der Waals surface area contributed by atoms with E-state index in [1.165, 1.54) is 44.9 Å². The molecule has 1 aliphatic rings. The first-order valence-corrected chi connectivity index (χ1v) is 11.5. The summed E-state index contributed by atoms with van der Waals surface area (Å²) >= 11 is 0. The predicted octanol–water partition coefficient (Wildman–Crippen LogP) is 4.05. The lowest BCUT2D eigenvalue weighted by atomic mass is 9.97. The molecule has 0 aliphatic heterocycles. The van der Waals surface area contributed by atoms with Gasteiger partial charge in [0.05, 0.1) is 6.61 Å². The Bertz CT molecular complexity index is 772. The third-order valence-corrected chi connectivity index (χ3v) is 6.03. The molecule has 0 unspecified atom stereocenters. The number of carbonyl (C=O) groups is 2. The zero-order valence-corrected chi connectivity index (χ0v) is 17.8. The number of benzene rings is 1. The third kappa shape index (κ3) is 6.59. The summed E-state index contributed by atoms with van der Waals surface area (Å²) < 4.78 is 0. The average Bonchev–Trinajstić information content (AvgIpc) is 3.18. The van der Waals surface area contributed by atoms with Crippen molar-refractivity contribution in [2.24, 2.45) is 0 Å². The Hall–Kier alpha value is -2.34. The van der Waals surface area contributed by atoms with Crippen LogP contribution in [0.25, 0.3) is 10.9 Å². The highest BCUT2D eigenvalue weighted by Gasteiger charge is 2.23. The monoisotopic (exact) mass is 413 g/mol. The summed E-state index contributed by atoms with van der Waals surface area (Å²) in [5.74, 6) is -0.696. The molecule has 0 bridgehead atoms. The van der Waals surface area contributed by atoms with Gasteiger partial charge >= 0.3 is 0 Å². The second-order valence-corrected chi connectivity index (χ2v) is 8.44. The van der Waals surface area contributed by atoms with Crippen LogP contribution in [-0.2, 0) is 4.79 Å². The van der Waals surface area contributed by atoms with Crippen molar-refractivity contribution in [3.05, 3.63) is 36.0 Å². The van der Waals surface area contributed by atoms with Gasteiger partial charge < -0.3 is 20.7 Å². The first-order chi connectivity index (χ1) is 14.7. The second-order valence-electron chi connectivity index (χ2n) is 8.44. The van der Waals surface area contributed by atoms with Crippen LogP contribution in [0.1, 0.15) is 81.1 Å². The number of aromatic amines is 1. The Balaban J connectivity index is 1.56. The van der Waals surface area contributed by atoms with Gasteiger partial charge in [-0.2, -0.15) is 0 Å². The summed E-state index contributed by atoms with van der Waals surface area (Å²) in [7, 11) is 0. The fraction of sp³-hybridized carbons (Fsp3) is 0.583. The van der Waals surface area contributed by atoms with Crippen LogP contribution < -0.4 is 10.6 Å². The zero-order valence-electron chi connectivity index (χ0n) is 17.8. The van der Waals surface area contributed by atoms with E-state index in [0.717, 1.165) is 36.6 Å². The summed E-state index contributed by atoms with van der Waals surface area (Å²) in [6.45, 7) is -0.426. The van der Waals surface area contributed by atoms with Gasteiger partial charge in [-0.25, -0.2) is 0 Å². The van der Waals surface area contributed by atoms with Crippen molar-refractivity contribution in [1.82, 2.24) is 15.6 Å². The van der Waals surface area contributed by atoms with E-state index in [9.17, 15) is 14.7 Å². The molecule has 4 N–H and O–H groups in total. The number of para-hydroxylation sites is 1. The highest BCUT2D eigenvalue weighted by molar-refractivity contribution is 6.00. The molecule has 3 rings (SSSR count). The van der Waals surface area contributed by atoms with Crippen LogP contribution in [0.2, 0.25) is 0 Å². The van der Waals surface area contributed by atoms with Gasteiger partial charge in [0.1, 0.15) is 11.7 Å². The Morgan fingerprint density at radius 2 is 1.57 bits per heavy atom. The SMILES string of the molecule is O=C(N[C@@H](CO)C(=O)NC1CCCCCCCCCCC1)c1cc2ccccc2[nH]1. The molecule has 30 heavy (non-hydrogen) atoms. The molecule has 164 valence electrons. The molecule has 0 radical (unpaired) electrons. The lowest BCUT2D eigenvalue weighted by molar-refractivity contribution is -0.124. The van der Waals surface area contributed by atoms with Crippen LogP contribution in [0.15, 0.2) is 30.3 Å². The number of carbonyl (C=O) groups excluding carboxylic acids is 2. The number of hydrogen-bond donors (Lipinski definition) is 4. The van der Waals surface area contributed by atoms with Crippen molar-refractivity contribution >= 4 is 22.7 Å². The molecule has 0 spiro atoms. The standard InChI is InChI=1S/C24H35N3O3/c28-17-22(27-23(29)21-16-18-12-10-11-15-20(18)26-21)24(30)25-19-13-8-6-4-2-1-3-5-7-9-14-19/h10-12,15-16,19,22,26,28H,1-9,13-14,17H2,(H,25,30)(H,27,29)/t22-/m0/s1. The molecule has 6 heteroatoms. The topological polar surface area (TPSA) is 94.2 Å². The van der Waals surface area contributed by atoms with Crippen molar-refractivity contribution in [2.75, 3.05) is 6.61 Å². The summed E-state index contributed by atoms with van der Waals surface area (Å²) in [5.41, 5.74) is 1.24. The van der Waals surface area contributed by atoms with E-state index in [1.54, 1.807) is 6.07 Å². The van der Waals surface area contributed by atoms with Crippen molar-refractivity contribution in [2.45, 2.75) is 82.7 Å². The zero-order chi connectivity index (χ0) is 21.2. The van der Waals surface area contributed by atoms with E-state index in [-0.39, 0.29) is 17.9 Å². The lowest BCUT2D eigenvalue weighted by Crippen LogP contribution is -2.51. The minimum Gasteiger partial charge on any atom is -0.394 e. The Morgan fingerprint density at radius 1 is 0.967 bits per heavy atom. The average molecular weight is 414 g/mol. The van der Waals surface area contributed by atoms with Gasteiger partial charge in [0.2, 0.25) is 5.91 Å². The van der Waals surface area contributed by atoms with Crippen LogP contribution in [0.4, 0.5) is 0 Å². The molecular formula is C24H35N3O3. The van der Waals surface area contributed by atoms with Crippen LogP contribution in [0, 0.1) is 0 Å². The number of H-pyrrole nitrogens is 1. The largest absolute Gasteiger partial charge is 0.394 e. The smallest absolute Gasteiger partial charge is 0.268 e. The van der Waals surface area contributed by atoms with Gasteiger partial charge in [-0.1, -0.05) is 76.0 Å².